The summed E-state index contributed by atoms with van der Waals surface area (Å²) in [5.74, 6) is -3.46. The lowest BCUT2D eigenvalue weighted by Gasteiger charge is -2.33. The van der Waals surface area contributed by atoms with Crippen LogP contribution in [0.1, 0.15) is 69.7 Å². The zero-order valence-electron chi connectivity index (χ0n) is 16.5. The van der Waals surface area contributed by atoms with Crippen molar-refractivity contribution in [3.8, 4) is 0 Å². The Morgan fingerprint density at radius 3 is 1.50 bits per heavy atom. The van der Waals surface area contributed by atoms with E-state index in [9.17, 15) is 13.2 Å². The second-order valence-corrected chi connectivity index (χ2v) is 8.56. The Bertz CT molecular complexity index is 714. The summed E-state index contributed by atoms with van der Waals surface area (Å²) in [6, 6.07) is 14.6. The van der Waals surface area contributed by atoms with Crippen molar-refractivity contribution < 1.29 is 13.2 Å². The lowest BCUT2D eigenvalue weighted by atomic mass is 9.72. The first kappa shape index (κ1) is 20.5. The summed E-state index contributed by atoms with van der Waals surface area (Å²) in [5, 5.41) is 0. The van der Waals surface area contributed by atoms with Gasteiger partial charge in [0.05, 0.1) is 0 Å². The Morgan fingerprint density at radius 2 is 1.15 bits per heavy atom. The van der Waals surface area contributed by atoms with Crippen molar-refractivity contribution in [2.75, 3.05) is 0 Å². The van der Waals surface area contributed by atoms with Crippen molar-refractivity contribution in [2.24, 2.45) is 5.41 Å². The summed E-state index contributed by atoms with van der Waals surface area (Å²) < 4.78 is 42.4. The van der Waals surface area contributed by atoms with Gasteiger partial charge in [-0.05, 0) is 42.4 Å². The van der Waals surface area contributed by atoms with E-state index in [1.807, 2.05) is 0 Å². The largest absolute Gasteiger partial charge is 0.305 e. The molecular formula is C23H29F3. The molecule has 0 aliphatic rings. The molecule has 0 amide bonds. The molecule has 0 radical (unpaired) electrons. The maximum absolute atomic E-state index is 14.3. The maximum atomic E-state index is 14.3. The summed E-state index contributed by atoms with van der Waals surface area (Å²) in [4.78, 5) is 0. The van der Waals surface area contributed by atoms with E-state index in [-0.39, 0.29) is 16.9 Å². The highest BCUT2D eigenvalue weighted by molar-refractivity contribution is 5.38. The fraction of sp³-hybridized carbons (Fsp3) is 0.478. The Balaban J connectivity index is 2.44. The highest BCUT2D eigenvalue weighted by Crippen LogP contribution is 2.44. The second kappa shape index (κ2) is 7.09. The second-order valence-electron chi connectivity index (χ2n) is 8.56. The molecule has 0 aliphatic carbocycles. The number of aryl methyl sites for hydroxylation is 1. The average molecular weight is 362 g/mol. The van der Waals surface area contributed by atoms with Gasteiger partial charge in [-0.2, -0.15) is 8.78 Å². The van der Waals surface area contributed by atoms with Gasteiger partial charge >= 0.3 is 5.92 Å². The van der Waals surface area contributed by atoms with Crippen LogP contribution in [0.2, 0.25) is 0 Å². The first-order valence-electron chi connectivity index (χ1n) is 9.14. The van der Waals surface area contributed by atoms with Crippen LogP contribution in [0.15, 0.2) is 48.5 Å². The Hall–Kier alpha value is -1.77. The third-order valence-corrected chi connectivity index (χ3v) is 4.94. The predicted molar refractivity (Wildman–Crippen MR) is 103 cm³/mol. The molecule has 0 heterocycles. The molecule has 2 rings (SSSR count). The van der Waals surface area contributed by atoms with E-state index in [1.165, 1.54) is 17.7 Å². The van der Waals surface area contributed by atoms with Gasteiger partial charge in [0.15, 0.2) is 5.67 Å². The highest BCUT2D eigenvalue weighted by atomic mass is 19.3. The molecule has 1 unspecified atom stereocenters. The van der Waals surface area contributed by atoms with Gasteiger partial charge in [0.25, 0.3) is 0 Å². The minimum absolute atomic E-state index is 0.0643. The van der Waals surface area contributed by atoms with Crippen molar-refractivity contribution in [2.45, 2.75) is 65.5 Å². The van der Waals surface area contributed by atoms with Crippen LogP contribution in [0.25, 0.3) is 0 Å². The topological polar surface area (TPSA) is 0 Å². The quantitative estimate of drug-likeness (QED) is 0.525. The SMILES string of the molecule is CCc1ccc(C(c2ccc(C(F)(F)C(C)(C)F)cc2)C(C)(C)C)cc1. The van der Waals surface area contributed by atoms with Crippen LogP contribution in [0, 0.1) is 5.41 Å². The van der Waals surface area contributed by atoms with Gasteiger partial charge in [-0.1, -0.05) is 76.2 Å². The van der Waals surface area contributed by atoms with Gasteiger partial charge in [0, 0.05) is 11.5 Å². The average Bonchev–Trinajstić information content (AvgIpc) is 2.54. The molecule has 1 atom stereocenters. The van der Waals surface area contributed by atoms with E-state index < -0.39 is 11.6 Å². The van der Waals surface area contributed by atoms with Gasteiger partial charge in [0.2, 0.25) is 0 Å². The molecule has 0 saturated heterocycles. The van der Waals surface area contributed by atoms with Gasteiger partial charge in [0.1, 0.15) is 0 Å². The number of benzene rings is 2. The molecular weight excluding hydrogens is 333 g/mol. The molecule has 142 valence electrons. The third-order valence-electron chi connectivity index (χ3n) is 4.94. The number of hydrogen-bond donors (Lipinski definition) is 0. The maximum Gasteiger partial charge on any atom is 0.305 e. The Morgan fingerprint density at radius 1 is 0.731 bits per heavy atom. The molecule has 0 spiro atoms. The summed E-state index contributed by atoms with van der Waals surface area (Å²) >= 11 is 0. The molecule has 0 saturated carbocycles. The Labute approximate surface area is 155 Å². The monoisotopic (exact) mass is 362 g/mol. The minimum Gasteiger partial charge on any atom is -0.237 e. The van der Waals surface area contributed by atoms with Crippen molar-refractivity contribution >= 4 is 0 Å². The van der Waals surface area contributed by atoms with E-state index in [0.717, 1.165) is 31.4 Å². The molecule has 0 N–H and O–H groups in total. The molecule has 0 fully saturated rings. The van der Waals surface area contributed by atoms with E-state index in [1.54, 1.807) is 12.1 Å². The third kappa shape index (κ3) is 4.13. The van der Waals surface area contributed by atoms with E-state index in [0.29, 0.717) is 0 Å². The van der Waals surface area contributed by atoms with Crippen molar-refractivity contribution in [1.82, 2.24) is 0 Å². The van der Waals surface area contributed by atoms with Gasteiger partial charge in [-0.15, -0.1) is 0 Å². The van der Waals surface area contributed by atoms with Crippen LogP contribution in [-0.4, -0.2) is 5.67 Å². The fourth-order valence-corrected chi connectivity index (χ4v) is 3.37. The summed E-state index contributed by atoms with van der Waals surface area (Å²) in [7, 11) is 0. The lowest BCUT2D eigenvalue weighted by molar-refractivity contribution is -0.127. The molecule has 2 aromatic rings. The van der Waals surface area contributed by atoms with E-state index in [2.05, 4.69) is 52.0 Å². The normalized spacial score (nSPS) is 14.3. The highest BCUT2D eigenvalue weighted by Gasteiger charge is 2.48. The zero-order chi connectivity index (χ0) is 19.8. The first-order valence-corrected chi connectivity index (χ1v) is 9.14. The molecule has 0 nitrogen and oxygen atoms in total. The van der Waals surface area contributed by atoms with E-state index >= 15 is 0 Å². The summed E-state index contributed by atoms with van der Waals surface area (Å²) in [6.45, 7) is 10.3. The molecule has 3 heteroatoms. The number of hydrogen-bond acceptors (Lipinski definition) is 0. The van der Waals surface area contributed by atoms with Crippen LogP contribution < -0.4 is 0 Å². The van der Waals surface area contributed by atoms with Crippen molar-refractivity contribution in [1.29, 1.82) is 0 Å². The first-order chi connectivity index (χ1) is 11.9. The Kier molecular flexibility index (Phi) is 5.60. The van der Waals surface area contributed by atoms with Gasteiger partial charge in [-0.3, -0.25) is 0 Å². The zero-order valence-corrected chi connectivity index (χ0v) is 16.5. The molecule has 2 aromatic carbocycles. The van der Waals surface area contributed by atoms with Gasteiger partial charge in [-0.25, -0.2) is 4.39 Å². The standard InChI is InChI=1S/C23H29F3/c1-7-16-8-10-17(11-9-16)20(21(2,3)4)18-12-14-19(15-13-18)23(25,26)22(5,6)24/h8-15,20H,7H2,1-6H3. The van der Waals surface area contributed by atoms with Crippen LogP contribution >= 0.6 is 0 Å². The van der Waals surface area contributed by atoms with E-state index in [4.69, 9.17) is 0 Å². The van der Waals surface area contributed by atoms with Crippen LogP contribution in [0.3, 0.4) is 0 Å². The van der Waals surface area contributed by atoms with Gasteiger partial charge < -0.3 is 0 Å². The predicted octanol–water partition coefficient (Wildman–Crippen LogP) is 7.27. The van der Waals surface area contributed by atoms with Crippen molar-refractivity contribution in [3.63, 3.8) is 0 Å². The van der Waals surface area contributed by atoms with Crippen LogP contribution in [0.5, 0.6) is 0 Å². The smallest absolute Gasteiger partial charge is 0.237 e. The number of halogens is 3. The minimum atomic E-state index is -3.52. The summed E-state index contributed by atoms with van der Waals surface area (Å²) in [5.41, 5.74) is 0.396. The molecule has 0 aliphatic heterocycles. The number of alkyl halides is 3. The van der Waals surface area contributed by atoms with Crippen LogP contribution in [-0.2, 0) is 12.3 Å². The lowest BCUT2D eigenvalue weighted by Crippen LogP contribution is -2.36. The molecule has 0 aromatic heterocycles. The fourth-order valence-electron chi connectivity index (χ4n) is 3.37. The molecule has 26 heavy (non-hydrogen) atoms. The van der Waals surface area contributed by atoms with Crippen LogP contribution in [0.4, 0.5) is 13.2 Å². The number of rotatable bonds is 5. The van der Waals surface area contributed by atoms with Crippen molar-refractivity contribution in [3.05, 3.63) is 70.8 Å². The molecule has 0 bridgehead atoms. The summed E-state index contributed by atoms with van der Waals surface area (Å²) in [6.07, 6.45) is 0.975.